The van der Waals surface area contributed by atoms with Crippen molar-refractivity contribution in [1.82, 2.24) is 10.2 Å². The van der Waals surface area contributed by atoms with Crippen LogP contribution in [0.25, 0.3) is 0 Å². The number of para-hydroxylation sites is 1. The quantitative estimate of drug-likeness (QED) is 0.865. The first-order chi connectivity index (χ1) is 12.0. The lowest BCUT2D eigenvalue weighted by Gasteiger charge is -2.44. The Morgan fingerprint density at radius 2 is 1.96 bits per heavy atom. The zero-order valence-corrected chi connectivity index (χ0v) is 14.4. The van der Waals surface area contributed by atoms with Crippen molar-refractivity contribution in [3.8, 4) is 11.5 Å². The van der Waals surface area contributed by atoms with Gasteiger partial charge < -0.3 is 15.2 Å². The molecule has 0 aromatic heterocycles. The number of phenols is 1. The maximum atomic E-state index is 12.4. The molecule has 1 amide bonds. The Morgan fingerprint density at radius 1 is 1.20 bits per heavy atom. The molecule has 0 bridgehead atoms. The number of likely N-dealkylation sites (tertiary alicyclic amines) is 1. The lowest BCUT2D eigenvalue weighted by atomic mass is 9.96. The number of hydrogen-bond acceptors (Lipinski definition) is 4. The number of hydrogen-bond donors (Lipinski definition) is 2. The third-order valence-electron chi connectivity index (χ3n) is 4.88. The van der Waals surface area contributed by atoms with Crippen molar-refractivity contribution in [2.75, 3.05) is 13.1 Å². The minimum atomic E-state index is -0.641. The van der Waals surface area contributed by atoms with E-state index >= 15 is 0 Å². The van der Waals surface area contributed by atoms with Gasteiger partial charge in [0.1, 0.15) is 11.5 Å². The van der Waals surface area contributed by atoms with Crippen LogP contribution in [0.3, 0.4) is 0 Å². The van der Waals surface area contributed by atoms with Gasteiger partial charge in [-0.15, -0.1) is 0 Å². The summed E-state index contributed by atoms with van der Waals surface area (Å²) in [6.07, 6.45) is 1.38. The highest BCUT2D eigenvalue weighted by atomic mass is 35.5. The van der Waals surface area contributed by atoms with E-state index in [0.717, 1.165) is 18.7 Å². The van der Waals surface area contributed by atoms with Gasteiger partial charge in [-0.1, -0.05) is 23.7 Å². The van der Waals surface area contributed by atoms with Gasteiger partial charge in [-0.25, -0.2) is 0 Å². The third-order valence-corrected chi connectivity index (χ3v) is 5.11. The summed E-state index contributed by atoms with van der Waals surface area (Å²) in [4.78, 5) is 14.6. The molecule has 1 fully saturated rings. The van der Waals surface area contributed by atoms with Crippen molar-refractivity contribution in [3.63, 3.8) is 0 Å². The highest BCUT2D eigenvalue weighted by Crippen LogP contribution is 2.34. The molecule has 2 aromatic carbocycles. The van der Waals surface area contributed by atoms with E-state index in [-0.39, 0.29) is 11.7 Å². The Kier molecular flexibility index (Phi) is 4.06. The number of amides is 1. The van der Waals surface area contributed by atoms with E-state index in [1.165, 1.54) is 0 Å². The minimum absolute atomic E-state index is 0.0808. The van der Waals surface area contributed by atoms with Crippen molar-refractivity contribution in [1.29, 1.82) is 0 Å². The summed E-state index contributed by atoms with van der Waals surface area (Å²) in [6, 6.07) is 12.4. The van der Waals surface area contributed by atoms with Gasteiger partial charge in [0.2, 0.25) is 0 Å². The number of piperidine rings is 1. The van der Waals surface area contributed by atoms with Crippen LogP contribution in [0.5, 0.6) is 11.5 Å². The Labute approximate surface area is 151 Å². The van der Waals surface area contributed by atoms with E-state index in [2.05, 4.69) is 10.2 Å². The zero-order valence-electron chi connectivity index (χ0n) is 13.7. The van der Waals surface area contributed by atoms with E-state index < -0.39 is 5.72 Å². The summed E-state index contributed by atoms with van der Waals surface area (Å²) >= 11 is 6.02. The van der Waals surface area contributed by atoms with Gasteiger partial charge in [0.25, 0.3) is 5.91 Å². The number of carbonyl (C=O) groups is 1. The highest BCUT2D eigenvalue weighted by Gasteiger charge is 2.42. The monoisotopic (exact) mass is 358 g/mol. The molecule has 1 spiro atoms. The van der Waals surface area contributed by atoms with Crippen LogP contribution in [0.15, 0.2) is 42.5 Å². The summed E-state index contributed by atoms with van der Waals surface area (Å²) in [5.41, 5.74) is 0.750. The lowest BCUT2D eigenvalue weighted by molar-refractivity contribution is -0.0305. The number of nitrogens with zero attached hydrogens (tertiary/aromatic N) is 1. The predicted octanol–water partition coefficient (Wildman–Crippen LogP) is 3.16. The summed E-state index contributed by atoms with van der Waals surface area (Å²) < 4.78 is 6.14. The number of carbonyl (C=O) groups excluding carboxylic acids is 1. The molecule has 2 aromatic rings. The topological polar surface area (TPSA) is 61.8 Å². The van der Waals surface area contributed by atoms with Crippen LogP contribution in [0.4, 0.5) is 0 Å². The predicted molar refractivity (Wildman–Crippen MR) is 94.9 cm³/mol. The van der Waals surface area contributed by atoms with E-state index in [1.54, 1.807) is 24.3 Å². The van der Waals surface area contributed by atoms with Crippen LogP contribution in [0.1, 0.15) is 28.8 Å². The molecule has 1 saturated heterocycles. The fourth-order valence-electron chi connectivity index (χ4n) is 3.47. The molecule has 0 unspecified atom stereocenters. The van der Waals surface area contributed by atoms with Gasteiger partial charge in [-0.2, -0.15) is 0 Å². The molecule has 2 aliphatic rings. The van der Waals surface area contributed by atoms with Gasteiger partial charge in [0.05, 0.1) is 5.56 Å². The van der Waals surface area contributed by atoms with Gasteiger partial charge >= 0.3 is 0 Å². The Balaban J connectivity index is 1.45. The smallest absolute Gasteiger partial charge is 0.258 e. The number of ether oxygens (including phenoxy) is 1. The van der Waals surface area contributed by atoms with Crippen molar-refractivity contribution >= 4 is 17.5 Å². The summed E-state index contributed by atoms with van der Waals surface area (Å²) in [5, 5.41) is 13.6. The molecule has 0 atom stereocenters. The minimum Gasteiger partial charge on any atom is -0.508 e. The summed E-state index contributed by atoms with van der Waals surface area (Å²) in [7, 11) is 0. The lowest BCUT2D eigenvalue weighted by Crippen LogP contribution is -2.60. The van der Waals surface area contributed by atoms with Crippen LogP contribution in [0, 0.1) is 0 Å². The van der Waals surface area contributed by atoms with Crippen molar-refractivity contribution in [3.05, 3.63) is 58.6 Å². The number of phenolic OH excluding ortho intramolecular Hbond substituents is 1. The van der Waals surface area contributed by atoms with Crippen LogP contribution >= 0.6 is 11.6 Å². The molecule has 130 valence electrons. The normalized spacial score (nSPS) is 19.2. The van der Waals surface area contributed by atoms with Gasteiger partial charge in [0.15, 0.2) is 5.72 Å². The van der Waals surface area contributed by atoms with E-state index in [9.17, 15) is 9.90 Å². The first-order valence-corrected chi connectivity index (χ1v) is 8.73. The molecule has 0 radical (unpaired) electrons. The first kappa shape index (κ1) is 16.2. The summed E-state index contributed by atoms with van der Waals surface area (Å²) in [6.45, 7) is 2.13. The van der Waals surface area contributed by atoms with E-state index in [1.807, 2.05) is 18.2 Å². The Morgan fingerprint density at radius 3 is 2.76 bits per heavy atom. The van der Waals surface area contributed by atoms with Crippen LogP contribution < -0.4 is 10.1 Å². The highest BCUT2D eigenvalue weighted by molar-refractivity contribution is 6.30. The third kappa shape index (κ3) is 3.17. The van der Waals surface area contributed by atoms with Crippen LogP contribution in [-0.4, -0.2) is 34.7 Å². The molecule has 5 nitrogen and oxygen atoms in total. The van der Waals surface area contributed by atoms with Gasteiger partial charge in [0, 0.05) is 43.1 Å². The molecule has 0 aliphatic carbocycles. The molecule has 2 heterocycles. The van der Waals surface area contributed by atoms with Crippen molar-refractivity contribution < 1.29 is 14.6 Å². The average molecular weight is 359 g/mol. The number of benzene rings is 2. The summed E-state index contributed by atoms with van der Waals surface area (Å²) in [5.74, 6) is 0.816. The Hall–Kier alpha value is -2.24. The van der Waals surface area contributed by atoms with Crippen LogP contribution in [-0.2, 0) is 6.54 Å². The molecule has 4 rings (SSSR count). The first-order valence-electron chi connectivity index (χ1n) is 8.35. The molecular weight excluding hydrogens is 340 g/mol. The fraction of sp³-hybridized carbons (Fsp3) is 0.316. The van der Waals surface area contributed by atoms with Crippen molar-refractivity contribution in [2.45, 2.75) is 25.1 Å². The second-order valence-corrected chi connectivity index (χ2v) is 7.03. The van der Waals surface area contributed by atoms with E-state index in [4.69, 9.17) is 16.3 Å². The van der Waals surface area contributed by atoms with Gasteiger partial charge in [-0.3, -0.25) is 9.69 Å². The van der Waals surface area contributed by atoms with Gasteiger partial charge in [-0.05, 0) is 30.3 Å². The fourth-order valence-corrected chi connectivity index (χ4v) is 3.67. The Bertz CT molecular complexity index is 816. The molecule has 25 heavy (non-hydrogen) atoms. The second-order valence-electron chi connectivity index (χ2n) is 6.60. The van der Waals surface area contributed by atoms with Crippen molar-refractivity contribution in [2.24, 2.45) is 0 Å². The molecule has 0 saturated carbocycles. The number of aromatic hydroxyl groups is 1. The SMILES string of the molecule is O=C1NC2(CCN(Cc3cc(Cl)ccc3O)CC2)Oc2ccccc21. The maximum absolute atomic E-state index is 12.4. The number of halogens is 1. The molecule has 2 N–H and O–H groups in total. The maximum Gasteiger partial charge on any atom is 0.258 e. The molecular formula is C19H19ClN2O3. The molecule has 6 heteroatoms. The average Bonchev–Trinajstić information content (AvgIpc) is 2.60. The van der Waals surface area contributed by atoms with Crippen LogP contribution in [0.2, 0.25) is 5.02 Å². The zero-order chi connectivity index (χ0) is 17.4. The van der Waals surface area contributed by atoms with E-state index in [0.29, 0.717) is 35.7 Å². The standard InChI is InChI=1S/C19H19ClN2O3/c20-14-5-6-16(23)13(11-14)12-22-9-7-19(8-10-22)21-18(24)15-3-1-2-4-17(15)25-19/h1-6,11,23H,7-10,12H2,(H,21,24). The largest absolute Gasteiger partial charge is 0.508 e. The number of fused-ring (bicyclic) bond motifs is 1. The molecule has 2 aliphatic heterocycles. The second kappa shape index (κ2) is 6.24. The number of rotatable bonds is 2. The number of nitrogens with one attached hydrogen (secondary N) is 1.